The van der Waals surface area contributed by atoms with Crippen molar-refractivity contribution in [3.05, 3.63) is 0 Å². The van der Waals surface area contributed by atoms with Gasteiger partial charge in [0.1, 0.15) is 0 Å². The van der Waals surface area contributed by atoms with Crippen LogP contribution in [0.15, 0.2) is 4.99 Å². The van der Waals surface area contributed by atoms with Crippen LogP contribution < -0.4 is 5.32 Å². The van der Waals surface area contributed by atoms with Crippen LogP contribution in [0, 0.1) is 5.92 Å². The van der Waals surface area contributed by atoms with Gasteiger partial charge in [0.05, 0.1) is 6.04 Å². The molecule has 0 radical (unpaired) electrons. The maximum Gasteiger partial charge on any atom is 0.157 e. The lowest BCUT2D eigenvalue weighted by Crippen LogP contribution is -2.41. The monoisotopic (exact) mass is 298 g/mol. The quantitative estimate of drug-likeness (QED) is 0.836. The lowest BCUT2D eigenvalue weighted by molar-refractivity contribution is 0.334. The van der Waals surface area contributed by atoms with Crippen molar-refractivity contribution in [1.82, 2.24) is 5.32 Å². The number of nitrogens with zero attached hydrogens (tertiary/aromatic N) is 1. The van der Waals surface area contributed by atoms with Crippen molar-refractivity contribution in [2.75, 3.05) is 12.0 Å². The van der Waals surface area contributed by atoms with Gasteiger partial charge in [0.25, 0.3) is 0 Å². The normalized spacial score (nSPS) is 39.3. The highest BCUT2D eigenvalue weighted by Crippen LogP contribution is 2.34. The van der Waals surface area contributed by atoms with Gasteiger partial charge in [-0.25, -0.2) is 0 Å². The Bertz CT molecular complexity index is 332. The predicted octanol–water partition coefficient (Wildman–Crippen LogP) is 3.91. The maximum absolute atomic E-state index is 5.01. The summed E-state index contributed by atoms with van der Waals surface area (Å²) in [5.74, 6) is 2.17. The van der Waals surface area contributed by atoms with Crippen LogP contribution in [0.3, 0.4) is 0 Å². The molecule has 3 aliphatic rings. The van der Waals surface area contributed by atoms with Crippen LogP contribution >= 0.6 is 23.5 Å². The molecule has 4 unspecified atom stereocenters. The lowest BCUT2D eigenvalue weighted by atomic mass is 9.86. The molecule has 0 aromatic carbocycles. The van der Waals surface area contributed by atoms with Crippen LogP contribution in [-0.4, -0.2) is 34.5 Å². The van der Waals surface area contributed by atoms with E-state index in [0.29, 0.717) is 12.1 Å². The molecule has 2 nitrogen and oxygen atoms in total. The number of nitrogens with one attached hydrogen (secondary N) is 1. The van der Waals surface area contributed by atoms with Crippen molar-refractivity contribution in [3.8, 4) is 0 Å². The fraction of sp³-hybridized carbons (Fsp3) is 0.933. The minimum Gasteiger partial charge on any atom is -0.362 e. The SMILES string of the molecule is CSC1CCCC(NC2=NC3CCCCC3CS2)C1. The zero-order chi connectivity index (χ0) is 13.1. The Morgan fingerprint density at radius 3 is 2.95 bits per heavy atom. The van der Waals surface area contributed by atoms with Gasteiger partial charge < -0.3 is 5.32 Å². The van der Waals surface area contributed by atoms with Crippen molar-refractivity contribution in [2.45, 2.75) is 68.7 Å². The Morgan fingerprint density at radius 1 is 1.16 bits per heavy atom. The number of thioether (sulfide) groups is 2. The zero-order valence-corrected chi connectivity index (χ0v) is 13.6. The molecule has 0 aromatic heterocycles. The summed E-state index contributed by atoms with van der Waals surface area (Å²) in [5.41, 5.74) is 0. The van der Waals surface area contributed by atoms with Crippen molar-refractivity contribution in [3.63, 3.8) is 0 Å². The van der Waals surface area contributed by atoms with Gasteiger partial charge in [0, 0.05) is 17.0 Å². The molecule has 4 atom stereocenters. The fourth-order valence-corrected chi connectivity index (χ4v) is 5.72. The highest BCUT2D eigenvalue weighted by atomic mass is 32.2. The summed E-state index contributed by atoms with van der Waals surface area (Å²) in [5, 5.41) is 5.88. The molecule has 2 aliphatic carbocycles. The molecule has 2 saturated carbocycles. The molecule has 0 amide bonds. The molecule has 1 N–H and O–H groups in total. The Kier molecular flexibility index (Phi) is 5.02. The van der Waals surface area contributed by atoms with Gasteiger partial charge in [-0.1, -0.05) is 31.0 Å². The fourth-order valence-electron chi connectivity index (χ4n) is 3.67. The van der Waals surface area contributed by atoms with Crippen LogP contribution in [0.1, 0.15) is 51.4 Å². The number of hydrogen-bond donors (Lipinski definition) is 1. The molecule has 19 heavy (non-hydrogen) atoms. The third kappa shape index (κ3) is 3.63. The first-order valence-electron chi connectivity index (χ1n) is 7.85. The number of hydrogen-bond acceptors (Lipinski definition) is 4. The average molecular weight is 299 g/mol. The largest absolute Gasteiger partial charge is 0.362 e. The van der Waals surface area contributed by atoms with Crippen LogP contribution in [-0.2, 0) is 0 Å². The van der Waals surface area contributed by atoms with Gasteiger partial charge in [0.2, 0.25) is 0 Å². The van der Waals surface area contributed by atoms with Gasteiger partial charge in [-0.15, -0.1) is 0 Å². The summed E-state index contributed by atoms with van der Waals surface area (Å²) in [4.78, 5) is 5.01. The van der Waals surface area contributed by atoms with Crippen LogP contribution in [0.5, 0.6) is 0 Å². The van der Waals surface area contributed by atoms with Gasteiger partial charge in [-0.05, 0) is 44.3 Å². The second kappa shape index (κ2) is 6.75. The topological polar surface area (TPSA) is 24.4 Å². The Labute approximate surface area is 126 Å². The van der Waals surface area contributed by atoms with Gasteiger partial charge in [-0.2, -0.15) is 11.8 Å². The van der Waals surface area contributed by atoms with Gasteiger partial charge >= 0.3 is 0 Å². The van der Waals surface area contributed by atoms with Crippen LogP contribution in [0.4, 0.5) is 0 Å². The Morgan fingerprint density at radius 2 is 2.05 bits per heavy atom. The summed E-state index contributed by atoms with van der Waals surface area (Å²) < 4.78 is 0. The molecule has 2 fully saturated rings. The Hall–Kier alpha value is 0.170. The maximum atomic E-state index is 5.01. The lowest BCUT2D eigenvalue weighted by Gasteiger charge is -2.35. The Balaban J connectivity index is 1.56. The van der Waals surface area contributed by atoms with E-state index in [9.17, 15) is 0 Å². The standard InChI is InChI=1S/C15H26N2S2/c1-18-13-7-4-6-12(9-13)16-15-17-14-8-3-2-5-11(14)10-19-15/h11-14H,2-10H2,1H3,(H,16,17). The first-order chi connectivity index (χ1) is 9.35. The number of aliphatic imine (C=N–C) groups is 1. The van der Waals surface area contributed by atoms with E-state index in [0.717, 1.165) is 11.2 Å². The van der Waals surface area contributed by atoms with E-state index in [2.05, 4.69) is 11.6 Å². The molecule has 1 aliphatic heterocycles. The van der Waals surface area contributed by atoms with Crippen molar-refractivity contribution in [1.29, 1.82) is 0 Å². The van der Waals surface area contributed by atoms with Crippen LogP contribution in [0.2, 0.25) is 0 Å². The first kappa shape index (κ1) is 14.1. The number of rotatable bonds is 2. The van der Waals surface area contributed by atoms with Crippen LogP contribution in [0.25, 0.3) is 0 Å². The highest BCUT2D eigenvalue weighted by Gasteiger charge is 2.30. The second-order valence-electron chi connectivity index (χ2n) is 6.22. The molecule has 3 rings (SSSR count). The molecule has 108 valence electrons. The second-order valence-corrected chi connectivity index (χ2v) is 8.37. The molecule has 0 bridgehead atoms. The number of amidine groups is 1. The highest BCUT2D eigenvalue weighted by molar-refractivity contribution is 8.13. The van der Waals surface area contributed by atoms with E-state index in [4.69, 9.17) is 4.99 Å². The average Bonchev–Trinajstić information content (AvgIpc) is 2.47. The minimum atomic E-state index is 0.637. The molecule has 1 heterocycles. The van der Waals surface area contributed by atoms with E-state index in [1.807, 2.05) is 23.5 Å². The summed E-state index contributed by atoms with van der Waals surface area (Å²) >= 11 is 4.03. The third-order valence-corrected chi connectivity index (χ3v) is 7.06. The summed E-state index contributed by atoms with van der Waals surface area (Å²) in [6.45, 7) is 0. The first-order valence-corrected chi connectivity index (χ1v) is 10.1. The molecular formula is C15H26N2S2. The minimum absolute atomic E-state index is 0.637. The molecule has 4 heteroatoms. The van der Waals surface area contributed by atoms with E-state index >= 15 is 0 Å². The zero-order valence-electron chi connectivity index (χ0n) is 11.9. The van der Waals surface area contributed by atoms with E-state index in [1.165, 1.54) is 62.3 Å². The molecule has 0 saturated heterocycles. The summed E-state index contributed by atoms with van der Waals surface area (Å²) in [7, 11) is 0. The predicted molar refractivity (Wildman–Crippen MR) is 88.3 cm³/mol. The summed E-state index contributed by atoms with van der Waals surface area (Å²) in [6.07, 6.45) is 13.3. The summed E-state index contributed by atoms with van der Waals surface area (Å²) in [6, 6.07) is 1.31. The van der Waals surface area contributed by atoms with Crippen molar-refractivity contribution in [2.24, 2.45) is 10.9 Å². The van der Waals surface area contributed by atoms with Gasteiger partial charge in [-0.3, -0.25) is 4.99 Å². The number of fused-ring (bicyclic) bond motifs is 1. The molecular weight excluding hydrogens is 272 g/mol. The van der Waals surface area contributed by atoms with E-state index in [-0.39, 0.29) is 0 Å². The van der Waals surface area contributed by atoms with Crippen molar-refractivity contribution < 1.29 is 0 Å². The van der Waals surface area contributed by atoms with Gasteiger partial charge in [0.15, 0.2) is 5.17 Å². The van der Waals surface area contributed by atoms with E-state index in [1.54, 1.807) is 0 Å². The van der Waals surface area contributed by atoms with Crippen molar-refractivity contribution >= 4 is 28.7 Å². The molecule has 0 spiro atoms. The molecule has 0 aromatic rings. The van der Waals surface area contributed by atoms with E-state index < -0.39 is 0 Å². The smallest absolute Gasteiger partial charge is 0.157 e. The third-order valence-electron chi connectivity index (χ3n) is 4.87.